The van der Waals surface area contributed by atoms with E-state index in [4.69, 9.17) is 28.0 Å². The molecule has 1 heterocycles. The maximum absolute atomic E-state index is 12.1. The van der Waals surface area contributed by atoms with E-state index in [-0.39, 0.29) is 6.61 Å². The molecule has 0 spiro atoms. The van der Waals surface area contributed by atoms with Crippen molar-refractivity contribution in [2.45, 2.75) is 6.61 Å². The van der Waals surface area contributed by atoms with Crippen LogP contribution < -0.4 is 0 Å². The van der Waals surface area contributed by atoms with Crippen LogP contribution in [0.15, 0.2) is 42.5 Å². The normalized spacial score (nSPS) is 13.7. The smallest absolute Gasteiger partial charge is 0.266 e. The number of carbonyl (C=O) groups excluding carboxylic acids is 2. The number of nitrogens with zero attached hydrogens (tertiary/aromatic N) is 1. The molecule has 1 aliphatic rings. The van der Waals surface area contributed by atoms with Gasteiger partial charge in [0.1, 0.15) is 6.61 Å². The van der Waals surface area contributed by atoms with Crippen molar-refractivity contribution < 1.29 is 14.4 Å². The number of hydrogen-bond acceptors (Lipinski definition) is 3. The van der Waals surface area contributed by atoms with Gasteiger partial charge >= 0.3 is 0 Å². The Bertz CT molecular complexity index is 690. The van der Waals surface area contributed by atoms with E-state index in [0.717, 1.165) is 5.06 Å². The fraction of sp³-hybridized carbons (Fsp3) is 0.0667. The summed E-state index contributed by atoms with van der Waals surface area (Å²) >= 11 is 12.0. The second-order valence-corrected chi connectivity index (χ2v) is 5.24. The summed E-state index contributed by atoms with van der Waals surface area (Å²) in [4.78, 5) is 29.5. The van der Waals surface area contributed by atoms with Crippen LogP contribution >= 0.6 is 23.2 Å². The first-order valence-electron chi connectivity index (χ1n) is 6.13. The molecular weight excluding hydrogens is 313 g/mol. The van der Waals surface area contributed by atoms with Crippen molar-refractivity contribution in [3.05, 3.63) is 69.2 Å². The van der Waals surface area contributed by atoms with Gasteiger partial charge in [0, 0.05) is 15.6 Å². The molecule has 3 rings (SSSR count). The minimum atomic E-state index is -0.487. The predicted octanol–water partition coefficient (Wildman–Crippen LogP) is 3.72. The highest BCUT2D eigenvalue weighted by atomic mass is 35.5. The van der Waals surface area contributed by atoms with Crippen molar-refractivity contribution in [1.82, 2.24) is 5.06 Å². The maximum Gasteiger partial charge on any atom is 0.285 e. The molecule has 0 unspecified atom stereocenters. The third kappa shape index (κ3) is 2.42. The number of amides is 2. The lowest BCUT2D eigenvalue weighted by Crippen LogP contribution is -2.29. The van der Waals surface area contributed by atoms with E-state index in [0.29, 0.717) is 26.7 Å². The molecule has 21 heavy (non-hydrogen) atoms. The summed E-state index contributed by atoms with van der Waals surface area (Å²) in [5, 5.41) is 1.57. The number of halogens is 2. The predicted molar refractivity (Wildman–Crippen MR) is 78.2 cm³/mol. The summed E-state index contributed by atoms with van der Waals surface area (Å²) in [6.45, 7) is -0.0655. The van der Waals surface area contributed by atoms with E-state index in [1.165, 1.54) is 0 Å². The molecule has 6 heteroatoms. The monoisotopic (exact) mass is 321 g/mol. The average molecular weight is 322 g/mol. The fourth-order valence-corrected chi connectivity index (χ4v) is 2.59. The van der Waals surface area contributed by atoms with E-state index in [9.17, 15) is 9.59 Å². The van der Waals surface area contributed by atoms with Gasteiger partial charge in [0.25, 0.3) is 11.8 Å². The first-order valence-corrected chi connectivity index (χ1v) is 6.89. The van der Waals surface area contributed by atoms with E-state index in [2.05, 4.69) is 0 Å². The molecule has 2 amide bonds. The maximum atomic E-state index is 12.1. The van der Waals surface area contributed by atoms with Gasteiger partial charge in [0.15, 0.2) is 0 Å². The van der Waals surface area contributed by atoms with E-state index >= 15 is 0 Å². The van der Waals surface area contributed by atoms with Crippen molar-refractivity contribution in [1.29, 1.82) is 0 Å². The van der Waals surface area contributed by atoms with E-state index < -0.39 is 11.8 Å². The van der Waals surface area contributed by atoms with Gasteiger partial charge < -0.3 is 0 Å². The summed E-state index contributed by atoms with van der Waals surface area (Å²) in [6.07, 6.45) is 0. The van der Waals surface area contributed by atoms with Gasteiger partial charge in [0.2, 0.25) is 0 Å². The molecule has 0 atom stereocenters. The highest BCUT2D eigenvalue weighted by molar-refractivity contribution is 6.36. The van der Waals surface area contributed by atoms with Gasteiger partial charge in [-0.3, -0.25) is 14.4 Å². The first kappa shape index (κ1) is 14.1. The van der Waals surface area contributed by atoms with Crippen molar-refractivity contribution in [3.8, 4) is 0 Å². The molecule has 0 saturated heterocycles. The minimum Gasteiger partial charge on any atom is -0.266 e. The number of fused-ring (bicyclic) bond motifs is 1. The Morgan fingerprint density at radius 1 is 0.857 bits per heavy atom. The Morgan fingerprint density at radius 2 is 1.38 bits per heavy atom. The van der Waals surface area contributed by atoms with Crippen LogP contribution in [-0.2, 0) is 11.4 Å². The number of imide groups is 1. The van der Waals surface area contributed by atoms with Gasteiger partial charge in [-0.05, 0) is 24.3 Å². The highest BCUT2D eigenvalue weighted by Gasteiger charge is 2.36. The summed E-state index contributed by atoms with van der Waals surface area (Å²) in [5.74, 6) is -0.974. The zero-order valence-electron chi connectivity index (χ0n) is 10.7. The van der Waals surface area contributed by atoms with Gasteiger partial charge in [-0.15, -0.1) is 5.06 Å². The highest BCUT2D eigenvalue weighted by Crippen LogP contribution is 2.27. The molecule has 0 radical (unpaired) electrons. The van der Waals surface area contributed by atoms with Crippen LogP contribution in [0.2, 0.25) is 10.0 Å². The average Bonchev–Trinajstić information content (AvgIpc) is 2.72. The molecule has 0 N–H and O–H groups in total. The quantitative estimate of drug-likeness (QED) is 0.809. The summed E-state index contributed by atoms with van der Waals surface area (Å²) in [5.41, 5.74) is 1.18. The summed E-state index contributed by atoms with van der Waals surface area (Å²) < 4.78 is 0. The van der Waals surface area contributed by atoms with Crippen molar-refractivity contribution in [2.24, 2.45) is 0 Å². The largest absolute Gasteiger partial charge is 0.285 e. The van der Waals surface area contributed by atoms with E-state index in [1.54, 1.807) is 42.5 Å². The number of rotatable bonds is 3. The lowest BCUT2D eigenvalue weighted by Gasteiger charge is -2.14. The van der Waals surface area contributed by atoms with E-state index in [1.807, 2.05) is 0 Å². The van der Waals surface area contributed by atoms with Gasteiger partial charge in [-0.1, -0.05) is 41.4 Å². The van der Waals surface area contributed by atoms with Gasteiger partial charge in [-0.25, -0.2) is 0 Å². The summed E-state index contributed by atoms with van der Waals surface area (Å²) in [6, 6.07) is 11.6. The zero-order valence-corrected chi connectivity index (χ0v) is 12.2. The Labute approximate surface area is 130 Å². The first-order chi connectivity index (χ1) is 10.1. The minimum absolute atomic E-state index is 0.0655. The van der Waals surface area contributed by atoms with Crippen LogP contribution in [-0.4, -0.2) is 16.9 Å². The molecule has 2 aromatic carbocycles. The Hall–Kier alpha value is -1.88. The van der Waals surface area contributed by atoms with Crippen molar-refractivity contribution in [3.63, 3.8) is 0 Å². The third-order valence-electron chi connectivity index (χ3n) is 3.16. The second-order valence-electron chi connectivity index (χ2n) is 4.42. The topological polar surface area (TPSA) is 46.6 Å². The molecule has 106 valence electrons. The third-order valence-corrected chi connectivity index (χ3v) is 3.86. The number of hydrogen-bond donors (Lipinski definition) is 0. The van der Waals surface area contributed by atoms with Crippen molar-refractivity contribution >= 4 is 35.0 Å². The van der Waals surface area contributed by atoms with Crippen molar-refractivity contribution in [2.75, 3.05) is 0 Å². The lowest BCUT2D eigenvalue weighted by atomic mass is 10.1. The van der Waals surface area contributed by atoms with Crippen LogP contribution in [0.25, 0.3) is 0 Å². The molecular formula is C15H9Cl2NO3. The number of hydroxylamine groups is 2. The second kappa shape index (κ2) is 5.48. The standard InChI is InChI=1S/C15H9Cl2NO3/c16-12-6-3-7-13(17)11(12)8-21-18-14(19)9-4-1-2-5-10(9)15(18)20/h1-7H,8H2. The molecule has 0 fully saturated rings. The molecule has 1 aliphatic heterocycles. The van der Waals surface area contributed by atoms with Gasteiger partial charge in [0.05, 0.1) is 11.1 Å². The number of carbonyl (C=O) groups is 2. The van der Waals surface area contributed by atoms with Crippen LogP contribution in [0.5, 0.6) is 0 Å². The lowest BCUT2D eigenvalue weighted by molar-refractivity contribution is -0.101. The van der Waals surface area contributed by atoms with Crippen LogP contribution in [0, 0.1) is 0 Å². The van der Waals surface area contributed by atoms with Crippen LogP contribution in [0.4, 0.5) is 0 Å². The van der Waals surface area contributed by atoms with Crippen LogP contribution in [0.3, 0.4) is 0 Å². The van der Waals surface area contributed by atoms with Gasteiger partial charge in [-0.2, -0.15) is 0 Å². The molecule has 4 nitrogen and oxygen atoms in total. The Kier molecular flexibility index (Phi) is 3.68. The SMILES string of the molecule is O=C1c2ccccc2C(=O)N1OCc1c(Cl)cccc1Cl. The Balaban J connectivity index is 1.82. The Morgan fingerprint density at radius 3 is 1.90 bits per heavy atom. The fourth-order valence-electron chi connectivity index (χ4n) is 2.08. The zero-order chi connectivity index (χ0) is 15.0. The molecule has 0 saturated carbocycles. The molecule has 2 aromatic rings. The summed E-state index contributed by atoms with van der Waals surface area (Å²) in [7, 11) is 0. The van der Waals surface area contributed by atoms with Crippen LogP contribution in [0.1, 0.15) is 26.3 Å². The molecule has 0 aromatic heterocycles. The molecule has 0 bridgehead atoms. The molecule has 0 aliphatic carbocycles. The number of benzene rings is 2.